The smallest absolute Gasteiger partial charge is 0.399 e. The Balaban J connectivity index is 3.24. The quantitative estimate of drug-likeness (QED) is 0.620. The molecule has 2 N–H and O–H groups in total. The maximum atomic E-state index is 12.9. The zero-order valence-corrected chi connectivity index (χ0v) is 8.41. The van der Waals surface area contributed by atoms with Gasteiger partial charge in [0.25, 0.3) is 0 Å². The minimum absolute atomic E-state index is 0.212. The fraction of sp³-hybridized carbons (Fsp3) is 0.400. The molecule has 0 unspecified atom stereocenters. The Morgan fingerprint density at radius 3 is 2.12 bits per heavy atom. The second-order valence-electron chi connectivity index (χ2n) is 3.34. The molecule has 1 rings (SSSR count). The first-order valence-corrected chi connectivity index (χ1v) is 4.53. The highest BCUT2D eigenvalue weighted by molar-refractivity contribution is 5.49. The SMILES string of the molecule is CCc1cc(C(F)(F)C(F)(F)F)ccc1N. The van der Waals surface area contributed by atoms with Gasteiger partial charge in [-0.1, -0.05) is 13.0 Å². The molecule has 0 atom stereocenters. The molecule has 0 aromatic heterocycles. The fourth-order valence-corrected chi connectivity index (χ4v) is 1.27. The van der Waals surface area contributed by atoms with E-state index in [4.69, 9.17) is 5.73 Å². The van der Waals surface area contributed by atoms with E-state index >= 15 is 0 Å². The Morgan fingerprint density at radius 2 is 1.69 bits per heavy atom. The highest BCUT2D eigenvalue weighted by Crippen LogP contribution is 2.44. The van der Waals surface area contributed by atoms with Crippen molar-refractivity contribution in [2.75, 3.05) is 5.73 Å². The van der Waals surface area contributed by atoms with Crippen LogP contribution in [0.3, 0.4) is 0 Å². The molecular weight excluding hydrogens is 229 g/mol. The molecule has 0 amide bonds. The first kappa shape index (κ1) is 12.7. The zero-order chi connectivity index (χ0) is 12.6. The predicted octanol–water partition coefficient (Wildman–Crippen LogP) is 3.49. The second kappa shape index (κ2) is 3.92. The maximum Gasteiger partial charge on any atom is 0.458 e. The van der Waals surface area contributed by atoms with Crippen molar-refractivity contribution < 1.29 is 22.0 Å². The first-order valence-electron chi connectivity index (χ1n) is 4.53. The van der Waals surface area contributed by atoms with Gasteiger partial charge in [-0.05, 0) is 24.1 Å². The summed E-state index contributed by atoms with van der Waals surface area (Å²) >= 11 is 0. The highest BCUT2D eigenvalue weighted by Gasteiger charge is 2.58. The molecule has 0 aliphatic heterocycles. The number of hydrogen-bond donors (Lipinski definition) is 1. The van der Waals surface area contributed by atoms with Crippen molar-refractivity contribution in [2.24, 2.45) is 0 Å². The molecule has 1 aromatic carbocycles. The van der Waals surface area contributed by atoms with Crippen LogP contribution in [0, 0.1) is 0 Å². The van der Waals surface area contributed by atoms with Crippen LogP contribution in [0.2, 0.25) is 0 Å². The molecule has 0 saturated carbocycles. The molecule has 0 bridgehead atoms. The lowest BCUT2D eigenvalue weighted by molar-refractivity contribution is -0.289. The average Bonchev–Trinajstić information content (AvgIpc) is 2.16. The van der Waals surface area contributed by atoms with Gasteiger partial charge in [-0.15, -0.1) is 0 Å². The number of alkyl halides is 5. The van der Waals surface area contributed by atoms with Crippen LogP contribution < -0.4 is 5.73 Å². The molecule has 1 aromatic rings. The van der Waals surface area contributed by atoms with Crippen LogP contribution in [0.5, 0.6) is 0 Å². The Kier molecular flexibility index (Phi) is 3.12. The number of nitrogen functional groups attached to an aromatic ring is 1. The van der Waals surface area contributed by atoms with E-state index in [1.807, 2.05) is 0 Å². The van der Waals surface area contributed by atoms with E-state index in [0.29, 0.717) is 12.5 Å². The van der Waals surface area contributed by atoms with E-state index in [1.54, 1.807) is 6.92 Å². The number of benzene rings is 1. The van der Waals surface area contributed by atoms with Gasteiger partial charge in [-0.2, -0.15) is 22.0 Å². The normalized spacial score (nSPS) is 12.9. The van der Waals surface area contributed by atoms with Gasteiger partial charge in [0.1, 0.15) is 0 Å². The summed E-state index contributed by atoms with van der Waals surface area (Å²) in [5, 5.41) is 0. The number of rotatable bonds is 2. The van der Waals surface area contributed by atoms with E-state index < -0.39 is 17.7 Å². The topological polar surface area (TPSA) is 26.0 Å². The minimum atomic E-state index is -5.59. The molecule has 0 aliphatic rings. The van der Waals surface area contributed by atoms with Crippen molar-refractivity contribution in [1.82, 2.24) is 0 Å². The maximum absolute atomic E-state index is 12.9. The lowest BCUT2D eigenvalue weighted by Crippen LogP contribution is -2.33. The van der Waals surface area contributed by atoms with Gasteiger partial charge in [-0.3, -0.25) is 0 Å². The van der Waals surface area contributed by atoms with Gasteiger partial charge in [0.05, 0.1) is 0 Å². The van der Waals surface area contributed by atoms with Crippen molar-refractivity contribution in [1.29, 1.82) is 0 Å². The van der Waals surface area contributed by atoms with Crippen molar-refractivity contribution in [3.63, 3.8) is 0 Å². The molecule has 0 spiro atoms. The van der Waals surface area contributed by atoms with Gasteiger partial charge in [-0.25, -0.2) is 0 Å². The van der Waals surface area contributed by atoms with Gasteiger partial charge in [0.15, 0.2) is 0 Å². The lowest BCUT2D eigenvalue weighted by atomic mass is 10.0. The van der Waals surface area contributed by atoms with Crippen LogP contribution in [0.4, 0.5) is 27.6 Å². The first-order chi connectivity index (χ1) is 7.20. The van der Waals surface area contributed by atoms with E-state index in [-0.39, 0.29) is 11.3 Å². The van der Waals surface area contributed by atoms with E-state index in [0.717, 1.165) is 12.1 Å². The molecule has 0 saturated heterocycles. The Labute approximate surface area is 89.1 Å². The monoisotopic (exact) mass is 239 g/mol. The molecule has 16 heavy (non-hydrogen) atoms. The number of aryl methyl sites for hydroxylation is 1. The molecule has 0 heterocycles. The summed E-state index contributed by atoms with van der Waals surface area (Å²) in [6.45, 7) is 1.63. The Bertz CT molecular complexity index is 383. The third-order valence-corrected chi connectivity index (χ3v) is 2.24. The molecular formula is C10H10F5N. The Morgan fingerprint density at radius 1 is 1.12 bits per heavy atom. The van der Waals surface area contributed by atoms with Crippen molar-refractivity contribution in [3.8, 4) is 0 Å². The lowest BCUT2D eigenvalue weighted by Gasteiger charge is -2.20. The van der Waals surface area contributed by atoms with Crippen LogP contribution in [0.1, 0.15) is 18.1 Å². The van der Waals surface area contributed by atoms with Crippen LogP contribution in [-0.4, -0.2) is 6.18 Å². The van der Waals surface area contributed by atoms with Crippen molar-refractivity contribution >= 4 is 5.69 Å². The van der Waals surface area contributed by atoms with Gasteiger partial charge >= 0.3 is 12.1 Å². The number of anilines is 1. The molecule has 0 aliphatic carbocycles. The zero-order valence-electron chi connectivity index (χ0n) is 8.41. The summed E-state index contributed by atoms with van der Waals surface area (Å²) in [6.07, 6.45) is -5.29. The summed E-state index contributed by atoms with van der Waals surface area (Å²) in [7, 11) is 0. The highest BCUT2D eigenvalue weighted by atomic mass is 19.4. The minimum Gasteiger partial charge on any atom is -0.399 e. The van der Waals surface area contributed by atoms with Gasteiger partial charge < -0.3 is 5.73 Å². The number of halogens is 5. The van der Waals surface area contributed by atoms with E-state index in [1.165, 1.54) is 0 Å². The Hall–Kier alpha value is -1.33. The molecule has 1 nitrogen and oxygen atoms in total. The van der Waals surface area contributed by atoms with Gasteiger partial charge in [0.2, 0.25) is 0 Å². The van der Waals surface area contributed by atoms with Crippen LogP contribution in [0.15, 0.2) is 18.2 Å². The predicted molar refractivity (Wildman–Crippen MR) is 50.2 cm³/mol. The summed E-state index contributed by atoms with van der Waals surface area (Å²) in [4.78, 5) is 0. The van der Waals surface area contributed by atoms with Crippen molar-refractivity contribution in [2.45, 2.75) is 25.4 Å². The van der Waals surface area contributed by atoms with Crippen LogP contribution in [0.25, 0.3) is 0 Å². The molecule has 6 heteroatoms. The summed E-state index contributed by atoms with van der Waals surface area (Å²) in [5.41, 5.74) is 4.84. The second-order valence-corrected chi connectivity index (χ2v) is 3.34. The van der Waals surface area contributed by atoms with E-state index in [2.05, 4.69) is 0 Å². The largest absolute Gasteiger partial charge is 0.458 e. The average molecular weight is 239 g/mol. The molecule has 90 valence electrons. The fourth-order valence-electron chi connectivity index (χ4n) is 1.27. The number of hydrogen-bond acceptors (Lipinski definition) is 1. The van der Waals surface area contributed by atoms with Crippen LogP contribution >= 0.6 is 0 Å². The van der Waals surface area contributed by atoms with E-state index in [9.17, 15) is 22.0 Å². The van der Waals surface area contributed by atoms with Crippen molar-refractivity contribution in [3.05, 3.63) is 29.3 Å². The van der Waals surface area contributed by atoms with Crippen LogP contribution in [-0.2, 0) is 12.3 Å². The number of nitrogens with two attached hydrogens (primary N) is 1. The third kappa shape index (κ3) is 2.10. The molecule has 0 fully saturated rings. The standard InChI is InChI=1S/C10H10F5N/c1-2-6-5-7(3-4-8(6)16)9(11,12)10(13,14)15/h3-5H,2,16H2,1H3. The third-order valence-electron chi connectivity index (χ3n) is 2.24. The van der Waals surface area contributed by atoms with Gasteiger partial charge in [0, 0.05) is 11.3 Å². The summed E-state index contributed by atoms with van der Waals surface area (Å²) < 4.78 is 62.1. The summed E-state index contributed by atoms with van der Waals surface area (Å²) in [5.74, 6) is -4.84. The molecule has 0 radical (unpaired) electrons. The summed E-state index contributed by atoms with van der Waals surface area (Å²) in [6, 6.07) is 2.55.